The maximum Gasteiger partial charge on any atom is 0.318 e. The van der Waals surface area contributed by atoms with Crippen LogP contribution in [0.1, 0.15) is 46.5 Å². The van der Waals surface area contributed by atoms with Crippen LogP contribution in [0.2, 0.25) is 0 Å². The van der Waals surface area contributed by atoms with Crippen LogP contribution in [-0.2, 0) is 14.8 Å². The quantitative estimate of drug-likeness (QED) is 0.830. The first kappa shape index (κ1) is 15.4. The van der Waals surface area contributed by atoms with Gasteiger partial charge >= 0.3 is 5.97 Å². The molecule has 0 aliphatic heterocycles. The van der Waals surface area contributed by atoms with Crippen LogP contribution in [0.25, 0.3) is 0 Å². The zero-order valence-corrected chi connectivity index (χ0v) is 12.2. The third-order valence-electron chi connectivity index (χ3n) is 3.00. The van der Waals surface area contributed by atoms with E-state index >= 15 is 0 Å². The molecule has 0 bridgehead atoms. The molecular formula is C12H23NO4S. The van der Waals surface area contributed by atoms with E-state index in [-0.39, 0.29) is 17.2 Å². The highest BCUT2D eigenvalue weighted by atomic mass is 32.2. The standard InChI is InChI=1S/C12H23NO4S/c1-12(2,3)9-18(16,17)13(8-11(14)15)10-6-4-5-7-10/h10H,4-9H2,1-3H3,(H,14,15). The van der Waals surface area contributed by atoms with Gasteiger partial charge in [-0.25, -0.2) is 8.42 Å². The number of hydrogen-bond acceptors (Lipinski definition) is 3. The molecule has 0 atom stereocenters. The normalized spacial score (nSPS) is 18.4. The summed E-state index contributed by atoms with van der Waals surface area (Å²) in [6, 6.07) is -0.131. The summed E-state index contributed by atoms with van der Waals surface area (Å²) < 4.78 is 25.9. The van der Waals surface area contributed by atoms with E-state index < -0.39 is 22.5 Å². The maximum absolute atomic E-state index is 12.3. The van der Waals surface area contributed by atoms with E-state index in [0.29, 0.717) is 0 Å². The SMILES string of the molecule is CC(C)(C)CS(=O)(=O)N(CC(=O)O)C1CCCC1. The summed E-state index contributed by atoms with van der Waals surface area (Å²) in [4.78, 5) is 10.9. The Balaban J connectivity index is 2.90. The van der Waals surface area contributed by atoms with E-state index in [4.69, 9.17) is 5.11 Å². The van der Waals surface area contributed by atoms with Crippen LogP contribution in [0, 0.1) is 5.41 Å². The van der Waals surface area contributed by atoms with Gasteiger partial charge in [0.25, 0.3) is 0 Å². The highest BCUT2D eigenvalue weighted by Crippen LogP contribution is 2.28. The Kier molecular flexibility index (Phi) is 4.78. The van der Waals surface area contributed by atoms with Gasteiger partial charge in [-0.05, 0) is 18.3 Å². The number of carbonyl (C=O) groups is 1. The minimum absolute atomic E-state index is 0.0101. The molecular weight excluding hydrogens is 254 g/mol. The molecule has 1 saturated carbocycles. The molecule has 0 aromatic carbocycles. The van der Waals surface area contributed by atoms with Gasteiger partial charge in [-0.3, -0.25) is 4.79 Å². The van der Waals surface area contributed by atoms with Crippen molar-refractivity contribution in [3.8, 4) is 0 Å². The van der Waals surface area contributed by atoms with Crippen LogP contribution in [0.3, 0.4) is 0 Å². The Bertz CT molecular complexity index is 391. The Morgan fingerprint density at radius 3 is 2.17 bits per heavy atom. The lowest BCUT2D eigenvalue weighted by molar-refractivity contribution is -0.137. The Labute approximate surface area is 109 Å². The summed E-state index contributed by atoms with van der Waals surface area (Å²) in [7, 11) is -3.51. The van der Waals surface area contributed by atoms with Crippen molar-refractivity contribution >= 4 is 16.0 Å². The van der Waals surface area contributed by atoms with Crippen LogP contribution in [-0.4, -0.2) is 42.1 Å². The molecule has 6 heteroatoms. The largest absolute Gasteiger partial charge is 0.480 e. The van der Waals surface area contributed by atoms with Crippen LogP contribution in [0.5, 0.6) is 0 Å². The van der Waals surface area contributed by atoms with Crippen molar-refractivity contribution in [2.45, 2.75) is 52.5 Å². The van der Waals surface area contributed by atoms with Crippen molar-refractivity contribution in [3.05, 3.63) is 0 Å². The molecule has 106 valence electrons. The number of aliphatic carboxylic acids is 1. The first-order valence-corrected chi connectivity index (χ1v) is 7.94. The van der Waals surface area contributed by atoms with E-state index in [9.17, 15) is 13.2 Å². The minimum Gasteiger partial charge on any atom is -0.480 e. The van der Waals surface area contributed by atoms with Crippen molar-refractivity contribution in [2.75, 3.05) is 12.3 Å². The number of nitrogens with zero attached hydrogens (tertiary/aromatic N) is 1. The highest BCUT2D eigenvalue weighted by molar-refractivity contribution is 7.89. The molecule has 0 aromatic rings. The van der Waals surface area contributed by atoms with Crippen molar-refractivity contribution in [1.82, 2.24) is 4.31 Å². The second-order valence-electron chi connectivity index (χ2n) is 6.19. The molecule has 0 heterocycles. The lowest BCUT2D eigenvalue weighted by atomic mass is 10.0. The lowest BCUT2D eigenvalue weighted by Gasteiger charge is -2.29. The third kappa shape index (κ3) is 4.57. The third-order valence-corrected chi connectivity index (χ3v) is 5.37. The molecule has 1 aliphatic rings. The lowest BCUT2D eigenvalue weighted by Crippen LogP contribution is -2.45. The minimum atomic E-state index is -3.51. The molecule has 18 heavy (non-hydrogen) atoms. The Morgan fingerprint density at radius 2 is 1.78 bits per heavy atom. The van der Waals surface area contributed by atoms with Crippen molar-refractivity contribution in [2.24, 2.45) is 5.41 Å². The van der Waals surface area contributed by atoms with E-state index in [1.165, 1.54) is 4.31 Å². The molecule has 0 saturated heterocycles. The van der Waals surface area contributed by atoms with Crippen LogP contribution in [0.4, 0.5) is 0 Å². The average molecular weight is 277 g/mol. The van der Waals surface area contributed by atoms with Crippen molar-refractivity contribution in [3.63, 3.8) is 0 Å². The predicted octanol–water partition coefficient (Wildman–Crippen LogP) is 1.69. The van der Waals surface area contributed by atoms with Gasteiger partial charge in [-0.15, -0.1) is 0 Å². The first-order chi connectivity index (χ1) is 8.12. The van der Waals surface area contributed by atoms with E-state index in [2.05, 4.69) is 0 Å². The monoisotopic (exact) mass is 277 g/mol. The fraction of sp³-hybridized carbons (Fsp3) is 0.917. The van der Waals surface area contributed by atoms with Gasteiger partial charge in [0.15, 0.2) is 0 Å². The average Bonchev–Trinajstić information content (AvgIpc) is 2.61. The van der Waals surface area contributed by atoms with Gasteiger partial charge in [0.05, 0.1) is 5.75 Å². The number of rotatable bonds is 5. The summed E-state index contributed by atoms with van der Waals surface area (Å²) in [5, 5.41) is 8.90. The number of hydrogen-bond donors (Lipinski definition) is 1. The molecule has 0 unspecified atom stereocenters. The molecule has 1 aliphatic carbocycles. The zero-order chi connectivity index (χ0) is 14.0. The molecule has 0 radical (unpaired) electrons. The van der Waals surface area contributed by atoms with Gasteiger partial charge in [0.2, 0.25) is 10.0 Å². The van der Waals surface area contributed by atoms with Gasteiger partial charge in [0.1, 0.15) is 6.54 Å². The maximum atomic E-state index is 12.3. The fourth-order valence-corrected chi connectivity index (χ4v) is 4.64. The van der Waals surface area contributed by atoms with Crippen molar-refractivity contribution in [1.29, 1.82) is 0 Å². The molecule has 0 spiro atoms. The fourth-order valence-electron chi connectivity index (χ4n) is 2.41. The topological polar surface area (TPSA) is 74.7 Å². The second kappa shape index (κ2) is 5.57. The van der Waals surface area contributed by atoms with E-state index in [1.807, 2.05) is 20.8 Å². The summed E-state index contributed by atoms with van der Waals surface area (Å²) in [6.07, 6.45) is 3.50. The van der Waals surface area contributed by atoms with Gasteiger partial charge in [0, 0.05) is 6.04 Å². The second-order valence-corrected chi connectivity index (χ2v) is 8.12. The number of sulfonamides is 1. The summed E-state index contributed by atoms with van der Waals surface area (Å²) in [5.74, 6) is -1.09. The van der Waals surface area contributed by atoms with Crippen LogP contribution >= 0.6 is 0 Å². The molecule has 0 amide bonds. The summed E-state index contributed by atoms with van der Waals surface area (Å²) in [5.41, 5.74) is -0.367. The molecule has 1 fully saturated rings. The summed E-state index contributed by atoms with van der Waals surface area (Å²) >= 11 is 0. The predicted molar refractivity (Wildman–Crippen MR) is 69.8 cm³/mol. The van der Waals surface area contributed by atoms with Gasteiger partial charge in [-0.2, -0.15) is 4.31 Å². The smallest absolute Gasteiger partial charge is 0.318 e. The highest BCUT2D eigenvalue weighted by Gasteiger charge is 2.35. The molecule has 1 rings (SSSR count). The van der Waals surface area contributed by atoms with Gasteiger partial charge < -0.3 is 5.11 Å². The van der Waals surface area contributed by atoms with Gasteiger partial charge in [-0.1, -0.05) is 33.6 Å². The zero-order valence-electron chi connectivity index (χ0n) is 11.3. The number of carboxylic acid groups (broad SMARTS) is 1. The Morgan fingerprint density at radius 1 is 1.28 bits per heavy atom. The molecule has 1 N–H and O–H groups in total. The number of carboxylic acids is 1. The van der Waals surface area contributed by atoms with E-state index in [1.54, 1.807) is 0 Å². The summed E-state index contributed by atoms with van der Waals surface area (Å²) in [6.45, 7) is 5.12. The molecule has 0 aromatic heterocycles. The first-order valence-electron chi connectivity index (χ1n) is 6.33. The van der Waals surface area contributed by atoms with Crippen molar-refractivity contribution < 1.29 is 18.3 Å². The molecule has 5 nitrogen and oxygen atoms in total. The van der Waals surface area contributed by atoms with Crippen LogP contribution < -0.4 is 0 Å². The van der Waals surface area contributed by atoms with Crippen LogP contribution in [0.15, 0.2) is 0 Å². The van der Waals surface area contributed by atoms with E-state index in [0.717, 1.165) is 25.7 Å². The Hall–Kier alpha value is -0.620.